The molecule has 4 aromatic heterocycles. The van der Waals surface area contributed by atoms with Crippen LogP contribution in [0.5, 0.6) is 5.88 Å². The Morgan fingerprint density at radius 2 is 1.86 bits per heavy atom. The molecule has 5 rings (SSSR count). The maximum atomic E-state index is 13.5. The van der Waals surface area contributed by atoms with Gasteiger partial charge in [-0.15, -0.1) is 11.3 Å². The second-order valence-corrected chi connectivity index (χ2v) is 9.76. The standard InChI is InChI=1S/C25H16ClF3N4O2S/c1-14-3-2-10-32-21(14)33(13-18-12-31-24(26)36-18)23(35)20(22(32)34)16-8-9-30-19(11-16)15-4-6-17(7-5-15)25(27,28)29/h2-12H,13H2,1H3/p+1. The minimum Gasteiger partial charge on any atom is -0.477 e. The molecule has 0 saturated heterocycles. The van der Waals surface area contributed by atoms with Crippen molar-refractivity contribution in [3.8, 4) is 28.3 Å². The average molecular weight is 530 g/mol. The molecule has 6 nitrogen and oxygen atoms in total. The van der Waals surface area contributed by atoms with Crippen LogP contribution < -0.4 is 10.1 Å². The Morgan fingerprint density at radius 3 is 2.53 bits per heavy atom. The lowest BCUT2D eigenvalue weighted by atomic mass is 10.0. The van der Waals surface area contributed by atoms with E-state index in [9.17, 15) is 23.1 Å². The Bertz CT molecular complexity index is 1660. The van der Waals surface area contributed by atoms with Crippen molar-refractivity contribution < 1.29 is 22.8 Å². The number of aromatic nitrogens is 4. The first-order chi connectivity index (χ1) is 17.1. The number of nitrogens with zero attached hydrogens (tertiary/aromatic N) is 4. The number of alkyl halides is 3. The molecule has 1 aromatic carbocycles. The number of aromatic hydroxyl groups is 1. The second kappa shape index (κ2) is 9.03. The monoisotopic (exact) mass is 529 g/mol. The van der Waals surface area contributed by atoms with Crippen LogP contribution in [0.15, 0.2) is 71.9 Å². The summed E-state index contributed by atoms with van der Waals surface area (Å²) in [6, 6.07) is 11.3. The fraction of sp³-hybridized carbons (Fsp3) is 0.120. The van der Waals surface area contributed by atoms with Crippen LogP contribution in [-0.2, 0) is 12.7 Å². The summed E-state index contributed by atoms with van der Waals surface area (Å²) in [6.45, 7) is 2.05. The topological polar surface area (TPSA) is 71.4 Å². The van der Waals surface area contributed by atoms with Crippen LogP contribution in [0.25, 0.3) is 28.0 Å². The zero-order chi connectivity index (χ0) is 25.6. The van der Waals surface area contributed by atoms with Crippen molar-refractivity contribution in [1.29, 1.82) is 0 Å². The van der Waals surface area contributed by atoms with Crippen molar-refractivity contribution >= 4 is 28.6 Å². The summed E-state index contributed by atoms with van der Waals surface area (Å²) in [7, 11) is 0. The number of hydrogen-bond donors (Lipinski definition) is 1. The maximum absolute atomic E-state index is 13.5. The van der Waals surface area contributed by atoms with E-state index in [-0.39, 0.29) is 18.0 Å². The molecule has 0 radical (unpaired) electrons. The van der Waals surface area contributed by atoms with Crippen LogP contribution in [0, 0.1) is 6.92 Å². The lowest BCUT2D eigenvalue weighted by molar-refractivity contribution is -0.671. The van der Waals surface area contributed by atoms with E-state index < -0.39 is 17.3 Å². The summed E-state index contributed by atoms with van der Waals surface area (Å²) in [5, 5.41) is 11.4. The molecule has 0 aliphatic carbocycles. The normalized spacial score (nSPS) is 11.8. The van der Waals surface area contributed by atoms with Gasteiger partial charge in [0, 0.05) is 29.1 Å². The van der Waals surface area contributed by atoms with Crippen molar-refractivity contribution in [3.05, 3.63) is 97.9 Å². The molecule has 0 amide bonds. The number of hydrogen-bond acceptors (Lipinski definition) is 5. The van der Waals surface area contributed by atoms with Crippen molar-refractivity contribution in [2.45, 2.75) is 19.6 Å². The van der Waals surface area contributed by atoms with Gasteiger partial charge in [-0.1, -0.05) is 23.7 Å². The van der Waals surface area contributed by atoms with Gasteiger partial charge in [0.05, 0.1) is 22.3 Å². The van der Waals surface area contributed by atoms with Gasteiger partial charge in [-0.05, 0) is 43.3 Å². The van der Waals surface area contributed by atoms with Gasteiger partial charge in [0.1, 0.15) is 6.54 Å². The highest BCUT2D eigenvalue weighted by atomic mass is 35.5. The van der Waals surface area contributed by atoms with Crippen molar-refractivity contribution in [2.75, 3.05) is 0 Å². The van der Waals surface area contributed by atoms with E-state index in [1.165, 1.54) is 34.1 Å². The summed E-state index contributed by atoms with van der Waals surface area (Å²) < 4.78 is 42.3. The first-order valence-electron chi connectivity index (χ1n) is 10.6. The Labute approximate surface area is 211 Å². The summed E-state index contributed by atoms with van der Waals surface area (Å²) in [6.07, 6.45) is 0.211. The minimum absolute atomic E-state index is 0.0317. The molecule has 5 aromatic rings. The van der Waals surface area contributed by atoms with Crippen LogP contribution in [0.1, 0.15) is 16.0 Å². The third-order valence-electron chi connectivity index (χ3n) is 5.73. The number of thiazole rings is 1. The number of fused-ring (bicyclic) bond motifs is 1. The van der Waals surface area contributed by atoms with Crippen LogP contribution in [0.3, 0.4) is 0 Å². The fourth-order valence-corrected chi connectivity index (χ4v) is 5.02. The molecule has 0 atom stereocenters. The molecular formula is C25H17ClF3N4O2S+. The molecule has 0 bridgehead atoms. The van der Waals surface area contributed by atoms with E-state index in [0.29, 0.717) is 26.9 Å². The Balaban J connectivity index is 1.68. The zero-order valence-corrected chi connectivity index (χ0v) is 20.2. The van der Waals surface area contributed by atoms with Crippen LogP contribution in [0.4, 0.5) is 13.2 Å². The maximum Gasteiger partial charge on any atom is 0.416 e. The molecule has 1 N–H and O–H groups in total. The SMILES string of the molecule is Cc1cccn2c(=O)c(-c3ccnc(-c4ccc(C(F)(F)F)cc4)c3)c(O)[n+](Cc3cnc(Cl)s3)c12. The predicted octanol–water partition coefficient (Wildman–Crippen LogP) is 5.51. The quantitative estimate of drug-likeness (QED) is 0.312. The lowest BCUT2D eigenvalue weighted by Gasteiger charge is -2.11. The number of benzene rings is 1. The Kier molecular flexibility index (Phi) is 6.01. The van der Waals surface area contributed by atoms with Crippen molar-refractivity contribution in [2.24, 2.45) is 0 Å². The average Bonchev–Trinajstić information content (AvgIpc) is 3.26. The van der Waals surface area contributed by atoms with E-state index in [0.717, 1.165) is 22.6 Å². The second-order valence-electron chi connectivity index (χ2n) is 8.06. The molecule has 0 saturated carbocycles. The number of halogens is 4. The highest BCUT2D eigenvalue weighted by Gasteiger charge is 2.30. The summed E-state index contributed by atoms with van der Waals surface area (Å²) in [4.78, 5) is 22.6. The van der Waals surface area contributed by atoms with Gasteiger partial charge < -0.3 is 5.11 Å². The van der Waals surface area contributed by atoms with Gasteiger partial charge in [0.25, 0.3) is 11.5 Å². The number of rotatable bonds is 4. The smallest absolute Gasteiger partial charge is 0.416 e. The third kappa shape index (κ3) is 4.33. The largest absolute Gasteiger partial charge is 0.477 e. The van der Waals surface area contributed by atoms with Gasteiger partial charge >= 0.3 is 11.7 Å². The van der Waals surface area contributed by atoms with E-state index in [2.05, 4.69) is 9.97 Å². The van der Waals surface area contributed by atoms with E-state index in [1.807, 2.05) is 13.0 Å². The molecule has 4 heterocycles. The van der Waals surface area contributed by atoms with Gasteiger partial charge in [-0.25, -0.2) is 9.78 Å². The molecule has 182 valence electrons. The molecular weight excluding hydrogens is 513 g/mol. The van der Waals surface area contributed by atoms with E-state index in [4.69, 9.17) is 11.6 Å². The number of aryl methyl sites for hydroxylation is 1. The summed E-state index contributed by atoms with van der Waals surface area (Å²) in [5.41, 5.74) is 1.25. The van der Waals surface area contributed by atoms with Gasteiger partial charge in [0.2, 0.25) is 0 Å². The van der Waals surface area contributed by atoms with Crippen LogP contribution >= 0.6 is 22.9 Å². The predicted molar refractivity (Wildman–Crippen MR) is 130 cm³/mol. The molecule has 0 aliphatic heterocycles. The molecule has 0 fully saturated rings. The van der Waals surface area contributed by atoms with Crippen molar-refractivity contribution in [3.63, 3.8) is 0 Å². The van der Waals surface area contributed by atoms with Gasteiger partial charge in [-0.2, -0.15) is 22.1 Å². The Hall–Kier alpha value is -3.76. The summed E-state index contributed by atoms with van der Waals surface area (Å²) >= 11 is 7.25. The van der Waals surface area contributed by atoms with E-state index in [1.54, 1.807) is 35.2 Å². The van der Waals surface area contributed by atoms with Crippen molar-refractivity contribution in [1.82, 2.24) is 14.4 Å². The fourth-order valence-electron chi connectivity index (χ4n) is 4.06. The molecule has 0 aliphatic rings. The van der Waals surface area contributed by atoms with Crippen LogP contribution in [0.2, 0.25) is 4.47 Å². The van der Waals surface area contributed by atoms with Crippen LogP contribution in [-0.4, -0.2) is 19.5 Å². The number of pyridine rings is 2. The van der Waals surface area contributed by atoms with Gasteiger partial charge in [-0.3, -0.25) is 4.98 Å². The Morgan fingerprint density at radius 1 is 1.11 bits per heavy atom. The highest BCUT2D eigenvalue weighted by Crippen LogP contribution is 2.32. The van der Waals surface area contributed by atoms with Gasteiger partial charge in [0.15, 0.2) is 10.0 Å². The zero-order valence-electron chi connectivity index (χ0n) is 18.6. The third-order valence-corrected chi connectivity index (χ3v) is 6.83. The lowest BCUT2D eigenvalue weighted by Crippen LogP contribution is -2.41. The molecule has 0 spiro atoms. The highest BCUT2D eigenvalue weighted by molar-refractivity contribution is 7.15. The summed E-state index contributed by atoms with van der Waals surface area (Å²) in [5.74, 6) is -0.261. The molecule has 0 unspecified atom stereocenters. The minimum atomic E-state index is -4.45. The first kappa shape index (κ1) is 24.0. The first-order valence-corrected chi connectivity index (χ1v) is 11.8. The molecule has 36 heavy (non-hydrogen) atoms. The van der Waals surface area contributed by atoms with E-state index >= 15 is 0 Å². The molecule has 11 heteroatoms.